The Labute approximate surface area is 246 Å². The fourth-order valence-electron chi connectivity index (χ4n) is 12.0. The second-order valence-electron chi connectivity index (χ2n) is 16.3. The van der Waals surface area contributed by atoms with Gasteiger partial charge in [0.05, 0.1) is 0 Å². The minimum absolute atomic E-state index is 0.0882. The Morgan fingerprint density at radius 3 is 0.923 bits per heavy atom. The maximum Gasteiger partial charge on any atom is -0.0109 e. The molecule has 6 aliphatic rings. The third kappa shape index (κ3) is 5.90. The molecule has 0 aromatic heterocycles. The zero-order valence-corrected chi connectivity index (χ0v) is 28.3. The van der Waals surface area contributed by atoms with Crippen molar-refractivity contribution in [3.63, 3.8) is 0 Å². The topological polar surface area (TPSA) is 0 Å². The SMILES string of the molecule is CC(C)(C1C2C=CC(C2)C1C(C)(C)P(C1CCCCC1)C1CCCCC1)P(C1CCCCC1)C1CCCCC1. The van der Waals surface area contributed by atoms with Crippen molar-refractivity contribution in [1.82, 2.24) is 0 Å². The molecule has 5 saturated carbocycles. The number of rotatable bonds is 8. The molecule has 6 rings (SSSR count). The van der Waals surface area contributed by atoms with Crippen LogP contribution in [0.15, 0.2) is 12.2 Å². The summed E-state index contributed by atoms with van der Waals surface area (Å²) in [7, 11) is 0.176. The van der Waals surface area contributed by atoms with Gasteiger partial charge in [0.2, 0.25) is 0 Å². The van der Waals surface area contributed by atoms with E-state index >= 15 is 0 Å². The second-order valence-corrected chi connectivity index (χ2v) is 23.1. The van der Waals surface area contributed by atoms with E-state index in [2.05, 4.69) is 39.8 Å². The zero-order valence-electron chi connectivity index (χ0n) is 26.5. The normalized spacial score (nSPS) is 34.5. The third-order valence-corrected chi connectivity index (χ3v) is 21.8. The second kappa shape index (κ2) is 12.7. The van der Waals surface area contributed by atoms with E-state index in [9.17, 15) is 0 Å². The van der Waals surface area contributed by atoms with E-state index in [0.717, 1.165) is 46.3 Å². The molecule has 5 fully saturated rings. The Morgan fingerprint density at radius 2 is 0.667 bits per heavy atom. The first kappa shape index (κ1) is 29.7. The van der Waals surface area contributed by atoms with Crippen molar-refractivity contribution in [2.45, 2.75) is 195 Å². The lowest BCUT2D eigenvalue weighted by Crippen LogP contribution is -2.50. The van der Waals surface area contributed by atoms with Gasteiger partial charge in [-0.25, -0.2) is 0 Å². The van der Waals surface area contributed by atoms with Gasteiger partial charge in [-0.05, 0) is 114 Å². The molecule has 0 aromatic rings. The maximum absolute atomic E-state index is 2.88. The van der Waals surface area contributed by atoms with E-state index in [-0.39, 0.29) is 15.8 Å². The average molecular weight is 571 g/mol. The Kier molecular flexibility index (Phi) is 9.64. The minimum Gasteiger partial charge on any atom is -0.0942 e. The highest BCUT2D eigenvalue weighted by molar-refractivity contribution is 7.61. The van der Waals surface area contributed by atoms with Crippen LogP contribution in [0.2, 0.25) is 0 Å². The Balaban J connectivity index is 1.35. The van der Waals surface area contributed by atoms with Gasteiger partial charge in [-0.15, -0.1) is 0 Å². The average Bonchev–Trinajstić information content (AvgIpc) is 3.58. The Morgan fingerprint density at radius 1 is 0.410 bits per heavy atom. The van der Waals surface area contributed by atoms with Crippen LogP contribution >= 0.6 is 15.8 Å². The van der Waals surface area contributed by atoms with Crippen molar-refractivity contribution in [3.05, 3.63) is 12.2 Å². The Bertz CT molecular complexity index is 701. The number of hydrogen-bond acceptors (Lipinski definition) is 0. The summed E-state index contributed by atoms with van der Waals surface area (Å²) in [4.78, 5) is 0. The summed E-state index contributed by atoms with van der Waals surface area (Å²) in [5.74, 6) is 3.69. The molecule has 0 radical (unpaired) electrons. The van der Waals surface area contributed by atoms with Crippen LogP contribution in [-0.2, 0) is 0 Å². The van der Waals surface area contributed by atoms with Crippen LogP contribution in [-0.4, -0.2) is 32.9 Å². The highest BCUT2D eigenvalue weighted by Gasteiger charge is 2.61. The van der Waals surface area contributed by atoms with E-state index in [1.165, 1.54) is 83.5 Å². The first-order chi connectivity index (χ1) is 18.9. The summed E-state index contributed by atoms with van der Waals surface area (Å²) < 4.78 is 0. The highest BCUT2D eigenvalue weighted by Crippen LogP contribution is 2.75. The molecule has 0 aliphatic heterocycles. The lowest BCUT2D eigenvalue weighted by atomic mass is 9.70. The molecule has 0 N–H and O–H groups in total. The summed E-state index contributed by atoms with van der Waals surface area (Å²) in [6.45, 7) is 11.5. The summed E-state index contributed by atoms with van der Waals surface area (Å²) in [5.41, 5.74) is 4.32. The summed E-state index contributed by atoms with van der Waals surface area (Å²) in [6.07, 6.45) is 38.0. The molecule has 6 aliphatic carbocycles. The van der Waals surface area contributed by atoms with Crippen LogP contribution in [0.25, 0.3) is 0 Å². The van der Waals surface area contributed by atoms with Crippen LogP contribution in [0.1, 0.15) is 163 Å². The first-order valence-electron chi connectivity index (χ1n) is 18.1. The quantitative estimate of drug-likeness (QED) is 0.201. The smallest absolute Gasteiger partial charge is 0.0109 e. The molecule has 0 nitrogen and oxygen atoms in total. The van der Waals surface area contributed by atoms with Crippen molar-refractivity contribution in [1.29, 1.82) is 0 Å². The predicted molar refractivity (Wildman–Crippen MR) is 177 cm³/mol. The zero-order chi connectivity index (χ0) is 27.0. The molecule has 0 amide bonds. The van der Waals surface area contributed by atoms with Gasteiger partial charge in [-0.2, -0.15) is 0 Å². The minimum atomic E-state index is 0.0882. The highest BCUT2D eigenvalue weighted by atomic mass is 31.1. The van der Waals surface area contributed by atoms with E-state index in [1.807, 2.05) is 0 Å². The molecular formula is C37H64P2. The van der Waals surface area contributed by atoms with Gasteiger partial charge in [0.1, 0.15) is 0 Å². The van der Waals surface area contributed by atoms with Gasteiger partial charge < -0.3 is 0 Å². The van der Waals surface area contributed by atoms with Crippen molar-refractivity contribution in [2.75, 3.05) is 0 Å². The summed E-state index contributed by atoms with van der Waals surface area (Å²) in [5, 5.41) is 1.09. The monoisotopic (exact) mass is 570 g/mol. The molecule has 39 heavy (non-hydrogen) atoms. The molecule has 2 heteroatoms. The van der Waals surface area contributed by atoms with E-state index in [4.69, 9.17) is 0 Å². The molecule has 0 saturated heterocycles. The molecule has 222 valence electrons. The van der Waals surface area contributed by atoms with Gasteiger partial charge in [0.25, 0.3) is 0 Å². The standard InChI is InChI=1S/C37H64P2/c1-36(2,38(30-17-9-5-10-18-30)31-19-11-6-12-20-31)34-28-25-26-29(27-28)35(34)37(3,4)39(32-21-13-7-14-22-32)33-23-15-8-16-24-33/h25-26,28-35H,5-24,27H2,1-4H3. The molecule has 0 aromatic carbocycles. The molecule has 2 bridgehead atoms. The molecule has 0 spiro atoms. The number of allylic oxidation sites excluding steroid dienone is 2. The molecule has 4 unspecified atom stereocenters. The maximum atomic E-state index is 2.88. The molecule has 4 atom stereocenters. The predicted octanol–water partition coefficient (Wildman–Crippen LogP) is 12.3. The van der Waals surface area contributed by atoms with Crippen LogP contribution in [0.4, 0.5) is 0 Å². The fourth-order valence-corrected chi connectivity index (χ4v) is 22.0. The fraction of sp³-hybridized carbons (Fsp3) is 0.946. The summed E-state index contributed by atoms with van der Waals surface area (Å²) >= 11 is 0. The van der Waals surface area contributed by atoms with Gasteiger partial charge in [-0.3, -0.25) is 0 Å². The first-order valence-corrected chi connectivity index (χ1v) is 21.1. The molecular weight excluding hydrogens is 506 g/mol. The summed E-state index contributed by atoms with van der Waals surface area (Å²) in [6, 6.07) is 0. The van der Waals surface area contributed by atoms with E-state index in [1.54, 1.807) is 51.4 Å². The lowest BCUT2D eigenvalue weighted by Gasteiger charge is -2.58. The van der Waals surface area contributed by atoms with Crippen molar-refractivity contribution in [2.24, 2.45) is 23.7 Å². The lowest BCUT2D eigenvalue weighted by molar-refractivity contribution is 0.207. The van der Waals surface area contributed by atoms with Crippen LogP contribution in [0, 0.1) is 23.7 Å². The van der Waals surface area contributed by atoms with Crippen molar-refractivity contribution in [3.8, 4) is 0 Å². The van der Waals surface area contributed by atoms with E-state index < -0.39 is 0 Å². The molecule has 0 heterocycles. The van der Waals surface area contributed by atoms with E-state index in [0.29, 0.717) is 10.3 Å². The van der Waals surface area contributed by atoms with Gasteiger partial charge >= 0.3 is 0 Å². The van der Waals surface area contributed by atoms with Gasteiger partial charge in [0, 0.05) is 0 Å². The van der Waals surface area contributed by atoms with Crippen molar-refractivity contribution >= 4 is 15.8 Å². The largest absolute Gasteiger partial charge is 0.0942 e. The Hall–Kier alpha value is 0.600. The number of hydrogen-bond donors (Lipinski definition) is 0. The van der Waals surface area contributed by atoms with Crippen LogP contribution in [0.5, 0.6) is 0 Å². The van der Waals surface area contributed by atoms with Gasteiger partial charge in [-0.1, -0.05) is 133 Å². The number of fused-ring (bicyclic) bond motifs is 2. The van der Waals surface area contributed by atoms with Crippen LogP contribution < -0.4 is 0 Å². The van der Waals surface area contributed by atoms with Crippen molar-refractivity contribution < 1.29 is 0 Å². The van der Waals surface area contributed by atoms with Crippen LogP contribution in [0.3, 0.4) is 0 Å². The third-order valence-electron chi connectivity index (χ3n) is 13.3. The van der Waals surface area contributed by atoms with Gasteiger partial charge in [0.15, 0.2) is 0 Å².